The molecule has 0 aliphatic carbocycles. The largest absolute Gasteiger partial charge is 0.396 e. The second-order valence-corrected chi connectivity index (χ2v) is 7.15. The maximum absolute atomic E-state index is 12.3. The van der Waals surface area contributed by atoms with E-state index in [9.17, 15) is 9.90 Å². The number of likely N-dealkylation sites (tertiary alicyclic amines) is 1. The van der Waals surface area contributed by atoms with E-state index in [1.54, 1.807) is 12.1 Å². The zero-order chi connectivity index (χ0) is 16.9. The fourth-order valence-electron chi connectivity index (χ4n) is 3.65. The summed E-state index contributed by atoms with van der Waals surface area (Å²) < 4.78 is 5.42. The van der Waals surface area contributed by atoms with Gasteiger partial charge in [0.1, 0.15) is 0 Å². The van der Waals surface area contributed by atoms with E-state index in [1.807, 2.05) is 12.1 Å². The van der Waals surface area contributed by atoms with Gasteiger partial charge in [0, 0.05) is 55.9 Å². The fourth-order valence-corrected chi connectivity index (χ4v) is 3.77. The van der Waals surface area contributed by atoms with Gasteiger partial charge in [-0.2, -0.15) is 0 Å². The van der Waals surface area contributed by atoms with E-state index < -0.39 is 0 Å². The highest BCUT2D eigenvalue weighted by Crippen LogP contribution is 2.24. The van der Waals surface area contributed by atoms with Crippen molar-refractivity contribution in [3.8, 4) is 0 Å². The highest BCUT2D eigenvalue weighted by molar-refractivity contribution is 6.30. The normalized spacial score (nSPS) is 25.8. The molecule has 0 saturated carbocycles. The van der Waals surface area contributed by atoms with E-state index in [-0.39, 0.29) is 24.5 Å². The molecule has 0 unspecified atom stereocenters. The van der Waals surface area contributed by atoms with Crippen molar-refractivity contribution in [2.24, 2.45) is 5.92 Å². The number of rotatable bonds is 5. The third kappa shape index (κ3) is 4.48. The topological polar surface area (TPSA) is 61.8 Å². The molecule has 3 rings (SSSR count). The van der Waals surface area contributed by atoms with E-state index >= 15 is 0 Å². The van der Waals surface area contributed by atoms with Crippen LogP contribution < -0.4 is 5.32 Å². The second-order valence-electron chi connectivity index (χ2n) is 6.72. The van der Waals surface area contributed by atoms with Crippen molar-refractivity contribution < 1.29 is 14.6 Å². The van der Waals surface area contributed by atoms with Crippen molar-refractivity contribution in [2.75, 3.05) is 32.9 Å². The van der Waals surface area contributed by atoms with Crippen LogP contribution in [0.5, 0.6) is 0 Å². The molecule has 0 bridgehead atoms. The molecule has 2 aliphatic heterocycles. The lowest BCUT2D eigenvalue weighted by molar-refractivity contribution is -0.121. The van der Waals surface area contributed by atoms with Gasteiger partial charge in [-0.3, -0.25) is 9.69 Å². The number of halogens is 1. The molecule has 5 nitrogen and oxygen atoms in total. The molecular formula is C18H25ClN2O3. The van der Waals surface area contributed by atoms with E-state index in [1.165, 1.54) is 0 Å². The number of hydrogen-bond acceptors (Lipinski definition) is 4. The molecule has 0 spiro atoms. The number of amides is 1. The molecular weight excluding hydrogens is 328 g/mol. The van der Waals surface area contributed by atoms with Crippen LogP contribution in [0.3, 0.4) is 0 Å². The Morgan fingerprint density at radius 3 is 2.62 bits per heavy atom. The Labute approximate surface area is 147 Å². The minimum Gasteiger partial charge on any atom is -0.396 e. The lowest BCUT2D eigenvalue weighted by Gasteiger charge is -2.31. The molecule has 2 aliphatic rings. The van der Waals surface area contributed by atoms with Gasteiger partial charge in [-0.1, -0.05) is 23.7 Å². The molecule has 2 N–H and O–H groups in total. The van der Waals surface area contributed by atoms with Crippen LogP contribution in [-0.4, -0.2) is 60.9 Å². The standard InChI is InChI=1S/C18H25ClN2O3/c19-15-3-1-13(2-4-15)9-18(23)20-17-11-21(10-14(17)12-22)16-5-7-24-8-6-16/h1-4,14,16-17,22H,5-12H2,(H,20,23)/t14-,17+/m0/s1. The number of aliphatic hydroxyl groups excluding tert-OH is 1. The number of hydrogen-bond donors (Lipinski definition) is 2. The summed E-state index contributed by atoms with van der Waals surface area (Å²) in [6, 6.07) is 7.85. The van der Waals surface area contributed by atoms with Gasteiger partial charge in [-0.25, -0.2) is 0 Å². The fraction of sp³-hybridized carbons (Fsp3) is 0.611. The zero-order valence-corrected chi connectivity index (χ0v) is 14.5. The molecule has 24 heavy (non-hydrogen) atoms. The summed E-state index contributed by atoms with van der Waals surface area (Å²) in [6.07, 6.45) is 2.40. The van der Waals surface area contributed by atoms with Crippen molar-refractivity contribution in [2.45, 2.75) is 31.3 Å². The van der Waals surface area contributed by atoms with Crippen molar-refractivity contribution >= 4 is 17.5 Å². The van der Waals surface area contributed by atoms with Gasteiger partial charge >= 0.3 is 0 Å². The lowest BCUT2D eigenvalue weighted by atomic mass is 10.0. The predicted molar refractivity (Wildman–Crippen MR) is 93.1 cm³/mol. The Balaban J connectivity index is 1.54. The van der Waals surface area contributed by atoms with Crippen LogP contribution in [0.15, 0.2) is 24.3 Å². The maximum Gasteiger partial charge on any atom is 0.224 e. The molecule has 1 aromatic carbocycles. The Morgan fingerprint density at radius 1 is 1.25 bits per heavy atom. The highest BCUT2D eigenvalue weighted by atomic mass is 35.5. The number of carbonyl (C=O) groups excluding carboxylic acids is 1. The molecule has 0 aromatic heterocycles. The van der Waals surface area contributed by atoms with Crippen LogP contribution in [0.25, 0.3) is 0 Å². The number of aliphatic hydroxyl groups is 1. The van der Waals surface area contributed by atoms with Gasteiger partial charge in [0.05, 0.1) is 6.42 Å². The van der Waals surface area contributed by atoms with Crippen molar-refractivity contribution in [1.82, 2.24) is 10.2 Å². The van der Waals surface area contributed by atoms with E-state index in [4.69, 9.17) is 16.3 Å². The zero-order valence-electron chi connectivity index (χ0n) is 13.8. The number of nitrogens with one attached hydrogen (secondary N) is 1. The molecule has 2 atom stereocenters. The number of carbonyl (C=O) groups is 1. The van der Waals surface area contributed by atoms with E-state index in [0.29, 0.717) is 17.5 Å². The first-order valence-corrected chi connectivity index (χ1v) is 9.00. The quantitative estimate of drug-likeness (QED) is 0.842. The van der Waals surface area contributed by atoms with Crippen molar-refractivity contribution in [3.05, 3.63) is 34.9 Å². The SMILES string of the molecule is O=C(Cc1ccc(Cl)cc1)N[C@@H]1CN(C2CCOCC2)C[C@H]1CO. The predicted octanol–water partition coefficient (Wildman–Crippen LogP) is 1.47. The Hall–Kier alpha value is -1.14. The van der Waals surface area contributed by atoms with Gasteiger partial charge in [0.25, 0.3) is 0 Å². The first kappa shape index (κ1) is 17.7. The van der Waals surface area contributed by atoms with E-state index in [0.717, 1.165) is 44.7 Å². The van der Waals surface area contributed by atoms with Crippen LogP contribution >= 0.6 is 11.6 Å². The molecule has 1 aromatic rings. The van der Waals surface area contributed by atoms with Crippen LogP contribution in [-0.2, 0) is 16.0 Å². The molecule has 1 amide bonds. The summed E-state index contributed by atoms with van der Waals surface area (Å²) >= 11 is 5.87. The minimum atomic E-state index is -0.00500. The number of ether oxygens (including phenoxy) is 1. The number of nitrogens with zero attached hydrogens (tertiary/aromatic N) is 1. The molecule has 6 heteroatoms. The molecule has 0 radical (unpaired) electrons. The van der Waals surface area contributed by atoms with Gasteiger partial charge in [0.2, 0.25) is 5.91 Å². The second kappa shape index (κ2) is 8.30. The summed E-state index contributed by atoms with van der Waals surface area (Å²) in [5.74, 6) is 0.0941. The Morgan fingerprint density at radius 2 is 1.96 bits per heavy atom. The summed E-state index contributed by atoms with van der Waals surface area (Å²) in [5, 5.41) is 13.4. The van der Waals surface area contributed by atoms with Crippen LogP contribution in [0.4, 0.5) is 0 Å². The number of benzene rings is 1. The average Bonchev–Trinajstić information content (AvgIpc) is 3.00. The van der Waals surface area contributed by atoms with Crippen molar-refractivity contribution in [1.29, 1.82) is 0 Å². The van der Waals surface area contributed by atoms with Crippen molar-refractivity contribution in [3.63, 3.8) is 0 Å². The van der Waals surface area contributed by atoms with E-state index in [2.05, 4.69) is 10.2 Å². The molecule has 2 saturated heterocycles. The summed E-state index contributed by atoms with van der Waals surface area (Å²) in [5.41, 5.74) is 0.941. The average molecular weight is 353 g/mol. The summed E-state index contributed by atoms with van der Waals surface area (Å²) in [7, 11) is 0. The van der Waals surface area contributed by atoms with Crippen LogP contribution in [0, 0.1) is 5.92 Å². The monoisotopic (exact) mass is 352 g/mol. The Kier molecular flexibility index (Phi) is 6.11. The lowest BCUT2D eigenvalue weighted by Crippen LogP contribution is -2.43. The molecule has 132 valence electrons. The molecule has 2 fully saturated rings. The smallest absolute Gasteiger partial charge is 0.224 e. The summed E-state index contributed by atoms with van der Waals surface area (Å²) in [6.45, 7) is 3.36. The maximum atomic E-state index is 12.3. The van der Waals surface area contributed by atoms with Crippen LogP contribution in [0.2, 0.25) is 5.02 Å². The highest BCUT2D eigenvalue weighted by Gasteiger charge is 2.36. The van der Waals surface area contributed by atoms with Gasteiger partial charge in [0.15, 0.2) is 0 Å². The first-order chi connectivity index (χ1) is 11.7. The van der Waals surface area contributed by atoms with Crippen LogP contribution in [0.1, 0.15) is 18.4 Å². The third-order valence-corrected chi connectivity index (χ3v) is 5.29. The Bertz CT molecular complexity index is 546. The first-order valence-electron chi connectivity index (χ1n) is 8.62. The van der Waals surface area contributed by atoms with Gasteiger partial charge < -0.3 is 15.2 Å². The molecule has 2 heterocycles. The van der Waals surface area contributed by atoms with Gasteiger partial charge in [-0.05, 0) is 30.5 Å². The minimum absolute atomic E-state index is 0.00500. The third-order valence-electron chi connectivity index (χ3n) is 5.04. The summed E-state index contributed by atoms with van der Waals surface area (Å²) in [4.78, 5) is 14.7. The van der Waals surface area contributed by atoms with Gasteiger partial charge in [-0.15, -0.1) is 0 Å².